The topological polar surface area (TPSA) is 111 Å². The Morgan fingerprint density at radius 3 is 2.76 bits per heavy atom. The van der Waals surface area contributed by atoms with E-state index >= 15 is 0 Å². The van der Waals surface area contributed by atoms with E-state index in [0.29, 0.717) is 70.1 Å². The predicted octanol–water partition coefficient (Wildman–Crippen LogP) is 4.98. The number of carbonyl (C=O) groups is 1. The number of anilines is 3. The van der Waals surface area contributed by atoms with Gasteiger partial charge in [0, 0.05) is 36.8 Å². The first kappa shape index (κ1) is 28.2. The number of rotatable bonds is 11. The van der Waals surface area contributed by atoms with Crippen molar-refractivity contribution in [3.8, 4) is 11.5 Å². The molecule has 2 aromatic carbocycles. The lowest BCUT2D eigenvalue weighted by molar-refractivity contribution is -0.111. The van der Waals surface area contributed by atoms with Crippen molar-refractivity contribution in [1.82, 2.24) is 19.9 Å². The van der Waals surface area contributed by atoms with Crippen molar-refractivity contribution in [1.29, 1.82) is 0 Å². The van der Waals surface area contributed by atoms with Gasteiger partial charge in [-0.15, -0.1) is 0 Å². The highest BCUT2D eigenvalue weighted by Gasteiger charge is 2.15. The summed E-state index contributed by atoms with van der Waals surface area (Å²) >= 11 is 6.46. The van der Waals surface area contributed by atoms with Crippen molar-refractivity contribution in [3.63, 3.8) is 0 Å². The number of amides is 1. The third-order valence-corrected chi connectivity index (χ3v) is 6.59. The summed E-state index contributed by atoms with van der Waals surface area (Å²) in [6, 6.07) is 13.2. The largest absolute Gasteiger partial charge is 0.490 e. The molecule has 0 saturated carbocycles. The van der Waals surface area contributed by atoms with Crippen LogP contribution in [0, 0.1) is 5.95 Å². The highest BCUT2D eigenvalue weighted by atomic mass is 35.5. The monoisotopic (exact) mass is 578 g/mol. The van der Waals surface area contributed by atoms with Crippen LogP contribution in [0.3, 0.4) is 0 Å². The smallest absolute Gasteiger partial charge is 0.247 e. The van der Waals surface area contributed by atoms with Crippen LogP contribution >= 0.6 is 11.6 Å². The lowest BCUT2D eigenvalue weighted by Crippen LogP contribution is -2.38. The molecule has 0 bridgehead atoms. The predicted molar refractivity (Wildman–Crippen MR) is 154 cm³/mol. The molecule has 2 N–H and O–H groups in total. The number of aromatic nitrogens is 3. The molecule has 41 heavy (non-hydrogen) atoms. The molecular formula is C29H28ClFN6O4. The molecule has 0 unspecified atom stereocenters. The minimum Gasteiger partial charge on any atom is -0.490 e. The molecule has 12 heteroatoms. The van der Waals surface area contributed by atoms with Gasteiger partial charge in [0.2, 0.25) is 11.9 Å². The molecule has 4 aromatic rings. The number of halogens is 2. The van der Waals surface area contributed by atoms with E-state index in [1.807, 2.05) is 0 Å². The van der Waals surface area contributed by atoms with Crippen LogP contribution in [0.5, 0.6) is 11.5 Å². The van der Waals surface area contributed by atoms with E-state index in [-0.39, 0.29) is 12.5 Å². The summed E-state index contributed by atoms with van der Waals surface area (Å²) in [6.07, 6.45) is 2.63. The van der Waals surface area contributed by atoms with Gasteiger partial charge in [-0.3, -0.25) is 9.69 Å². The molecule has 1 aliphatic heterocycles. The Bertz CT molecular complexity index is 1550. The van der Waals surface area contributed by atoms with Gasteiger partial charge in [0.05, 0.1) is 35.1 Å². The van der Waals surface area contributed by atoms with Crippen molar-refractivity contribution in [2.24, 2.45) is 0 Å². The second kappa shape index (κ2) is 13.4. The molecular weight excluding hydrogens is 551 g/mol. The molecule has 1 fully saturated rings. The normalized spacial score (nSPS) is 13.5. The van der Waals surface area contributed by atoms with Crippen LogP contribution in [0.25, 0.3) is 10.9 Å². The molecule has 0 radical (unpaired) electrons. The highest BCUT2D eigenvalue weighted by molar-refractivity contribution is 6.32. The van der Waals surface area contributed by atoms with E-state index in [1.54, 1.807) is 42.5 Å². The Balaban J connectivity index is 1.33. The van der Waals surface area contributed by atoms with Gasteiger partial charge in [-0.1, -0.05) is 24.2 Å². The number of hydrogen-bond acceptors (Lipinski definition) is 9. The number of fused-ring (bicyclic) bond motifs is 1. The van der Waals surface area contributed by atoms with Gasteiger partial charge in [-0.2, -0.15) is 4.39 Å². The second-order valence-corrected chi connectivity index (χ2v) is 9.50. The van der Waals surface area contributed by atoms with E-state index in [0.717, 1.165) is 19.6 Å². The van der Waals surface area contributed by atoms with Crippen LogP contribution in [-0.2, 0) is 16.1 Å². The first-order chi connectivity index (χ1) is 20.0. The zero-order valence-corrected chi connectivity index (χ0v) is 22.9. The maximum atomic E-state index is 13.3. The first-order valence-corrected chi connectivity index (χ1v) is 13.3. The fraction of sp³-hybridized carbons (Fsp3) is 0.241. The number of morpholine rings is 1. The fourth-order valence-corrected chi connectivity index (χ4v) is 4.44. The Morgan fingerprint density at radius 2 is 1.98 bits per heavy atom. The van der Waals surface area contributed by atoms with Gasteiger partial charge >= 0.3 is 0 Å². The molecule has 1 aliphatic rings. The van der Waals surface area contributed by atoms with Crippen LogP contribution < -0.4 is 20.1 Å². The summed E-state index contributed by atoms with van der Waals surface area (Å²) in [5.41, 5.74) is 2.18. The minimum absolute atomic E-state index is 0.0663. The van der Waals surface area contributed by atoms with E-state index in [9.17, 15) is 9.18 Å². The lowest BCUT2D eigenvalue weighted by atomic mass is 10.1. The Labute approximate surface area is 241 Å². The molecule has 3 heterocycles. The van der Waals surface area contributed by atoms with Gasteiger partial charge < -0.3 is 24.8 Å². The fourth-order valence-electron chi connectivity index (χ4n) is 4.21. The molecule has 2 aromatic heterocycles. The molecule has 5 rings (SSSR count). The van der Waals surface area contributed by atoms with Gasteiger partial charge in [0.25, 0.3) is 0 Å². The lowest BCUT2D eigenvalue weighted by Gasteiger charge is -2.26. The van der Waals surface area contributed by atoms with E-state index in [1.165, 1.54) is 18.5 Å². The van der Waals surface area contributed by atoms with Gasteiger partial charge in [-0.05, 0) is 42.5 Å². The van der Waals surface area contributed by atoms with Crippen molar-refractivity contribution in [2.75, 3.05) is 50.1 Å². The number of ether oxygens (including phenoxy) is 3. The number of pyridine rings is 1. The van der Waals surface area contributed by atoms with Crippen LogP contribution in [0.15, 0.2) is 67.5 Å². The number of nitrogens with one attached hydrogen (secondary N) is 2. The molecule has 10 nitrogen and oxygen atoms in total. The second-order valence-electron chi connectivity index (χ2n) is 9.09. The summed E-state index contributed by atoms with van der Waals surface area (Å²) in [4.78, 5) is 27.0. The van der Waals surface area contributed by atoms with E-state index in [2.05, 4.69) is 37.1 Å². The Morgan fingerprint density at radius 1 is 1.12 bits per heavy atom. The summed E-state index contributed by atoms with van der Waals surface area (Å²) in [7, 11) is 0. The Kier molecular flexibility index (Phi) is 9.19. The third kappa shape index (κ3) is 7.46. The maximum absolute atomic E-state index is 13.3. The third-order valence-electron chi connectivity index (χ3n) is 6.29. The Hall–Kier alpha value is -4.32. The van der Waals surface area contributed by atoms with Gasteiger partial charge in [0.1, 0.15) is 36.9 Å². The molecule has 0 spiro atoms. The SMILES string of the molecule is C=CC(=O)Nc1cc2c(Nc3ccc(OCc4cccc(F)n4)c(Cl)c3)ncnc2cc1OCCN1CCOCC1. The van der Waals surface area contributed by atoms with Crippen LogP contribution in [0.4, 0.5) is 21.6 Å². The van der Waals surface area contributed by atoms with Gasteiger partial charge in [-0.25, -0.2) is 15.0 Å². The first-order valence-electron chi connectivity index (χ1n) is 12.9. The minimum atomic E-state index is -0.576. The maximum Gasteiger partial charge on any atom is 0.247 e. The number of hydrogen-bond donors (Lipinski definition) is 2. The highest BCUT2D eigenvalue weighted by Crippen LogP contribution is 2.35. The van der Waals surface area contributed by atoms with E-state index < -0.39 is 5.95 Å². The average Bonchev–Trinajstić information content (AvgIpc) is 2.98. The van der Waals surface area contributed by atoms with E-state index in [4.69, 9.17) is 25.8 Å². The van der Waals surface area contributed by atoms with Crippen molar-refractivity contribution >= 4 is 45.6 Å². The number of carbonyl (C=O) groups excluding carboxylic acids is 1. The summed E-state index contributed by atoms with van der Waals surface area (Å²) in [5.74, 6) is 0.460. The number of nitrogens with zero attached hydrogens (tertiary/aromatic N) is 4. The quantitative estimate of drug-likeness (QED) is 0.188. The zero-order chi connectivity index (χ0) is 28.6. The summed E-state index contributed by atoms with van der Waals surface area (Å²) in [5, 5.41) is 7.07. The standard InChI is InChI=1S/C29H28ClFN6O4/c1-2-28(38)36-24-15-21-23(16-26(24)40-13-10-37-8-11-39-12-9-37)32-18-33-29(21)35-19-6-7-25(22(30)14-19)41-17-20-4-3-5-27(31)34-20/h2-7,14-16,18H,1,8-13,17H2,(H,36,38)(H,32,33,35). The van der Waals surface area contributed by atoms with Crippen LogP contribution in [0.2, 0.25) is 5.02 Å². The van der Waals surface area contributed by atoms with Crippen molar-refractivity contribution in [2.45, 2.75) is 6.61 Å². The van der Waals surface area contributed by atoms with Gasteiger partial charge in [0.15, 0.2) is 0 Å². The van der Waals surface area contributed by atoms with Crippen LogP contribution in [-0.4, -0.2) is 65.2 Å². The molecule has 212 valence electrons. The molecule has 0 aliphatic carbocycles. The van der Waals surface area contributed by atoms with Crippen LogP contribution in [0.1, 0.15) is 5.69 Å². The summed E-state index contributed by atoms with van der Waals surface area (Å²) < 4.78 is 30.5. The van der Waals surface area contributed by atoms with Crippen molar-refractivity contribution in [3.05, 3.63) is 84.2 Å². The molecule has 0 atom stereocenters. The molecule has 1 amide bonds. The van der Waals surface area contributed by atoms with Crippen molar-refractivity contribution < 1.29 is 23.4 Å². The number of benzene rings is 2. The molecule has 1 saturated heterocycles. The summed E-state index contributed by atoms with van der Waals surface area (Å²) in [6.45, 7) is 7.88. The zero-order valence-electron chi connectivity index (χ0n) is 22.1. The average molecular weight is 579 g/mol.